The molecule has 0 bridgehead atoms. The average molecular weight is 691 g/mol. The molecule has 1 atom stereocenters. The van der Waals surface area contributed by atoms with Crippen LogP contribution in [-0.4, -0.2) is 36.4 Å². The van der Waals surface area contributed by atoms with E-state index < -0.39 is 6.10 Å². The number of esters is 2. The molecular weight excluding hydrogens is 620 g/mol. The fourth-order valence-electron chi connectivity index (χ4n) is 4.63. The van der Waals surface area contributed by atoms with Crippen molar-refractivity contribution in [1.82, 2.24) is 0 Å². The molecule has 0 saturated carbocycles. The highest BCUT2D eigenvalue weighted by atomic mass is 16.6. The van der Waals surface area contributed by atoms with Crippen LogP contribution in [0.3, 0.4) is 0 Å². The van der Waals surface area contributed by atoms with E-state index in [-0.39, 0.29) is 25.2 Å². The molecule has 0 aliphatic rings. The third-order valence-electron chi connectivity index (χ3n) is 7.55. The van der Waals surface area contributed by atoms with Crippen LogP contribution in [-0.2, 0) is 19.1 Å². The van der Waals surface area contributed by atoms with Crippen LogP contribution in [0.2, 0.25) is 0 Å². The van der Waals surface area contributed by atoms with Gasteiger partial charge >= 0.3 is 11.9 Å². The molecule has 0 saturated heterocycles. The Morgan fingerprint density at radius 2 is 0.880 bits per heavy atom. The first kappa shape index (κ1) is 46.6. The van der Waals surface area contributed by atoms with Gasteiger partial charge in [-0.15, -0.1) is 0 Å². The molecule has 0 fully saturated rings. The summed E-state index contributed by atoms with van der Waals surface area (Å²) in [4.78, 5) is 24.2. The van der Waals surface area contributed by atoms with Crippen LogP contribution >= 0.6 is 0 Å². The zero-order valence-electron chi connectivity index (χ0n) is 31.6. The molecule has 0 aromatic rings. The maximum absolute atomic E-state index is 12.2. The normalized spacial score (nSPS) is 13.4. The third kappa shape index (κ3) is 37.4. The van der Waals surface area contributed by atoms with Gasteiger partial charge < -0.3 is 14.6 Å². The number of aliphatic hydroxyl groups is 1. The molecule has 0 aromatic carbocycles. The highest BCUT2D eigenvalue weighted by Crippen LogP contribution is 2.08. The first-order chi connectivity index (χ1) is 24.6. The summed E-state index contributed by atoms with van der Waals surface area (Å²) in [6, 6.07) is 0. The lowest BCUT2D eigenvalue weighted by Crippen LogP contribution is -2.28. The largest absolute Gasteiger partial charge is 0.462 e. The average Bonchev–Trinajstić information content (AvgIpc) is 3.12. The number of unbranched alkanes of at least 4 members (excludes halogenated alkanes) is 7. The second kappa shape index (κ2) is 40.0. The van der Waals surface area contributed by atoms with Crippen molar-refractivity contribution in [2.75, 3.05) is 13.2 Å². The minimum Gasteiger partial charge on any atom is -0.462 e. The second-order valence-corrected chi connectivity index (χ2v) is 12.3. The van der Waals surface area contributed by atoms with E-state index in [1.165, 1.54) is 25.7 Å². The molecule has 5 nitrogen and oxygen atoms in total. The Labute approximate surface area is 306 Å². The monoisotopic (exact) mass is 691 g/mol. The van der Waals surface area contributed by atoms with Gasteiger partial charge in [-0.2, -0.15) is 0 Å². The van der Waals surface area contributed by atoms with Crippen molar-refractivity contribution in [3.8, 4) is 0 Å². The fraction of sp³-hybridized carbons (Fsp3) is 0.556. The number of carbonyl (C=O) groups is 2. The van der Waals surface area contributed by atoms with Crippen molar-refractivity contribution in [3.63, 3.8) is 0 Å². The molecule has 0 aromatic heterocycles. The number of hydrogen-bond acceptors (Lipinski definition) is 5. The van der Waals surface area contributed by atoms with E-state index >= 15 is 0 Å². The summed E-state index contributed by atoms with van der Waals surface area (Å²) < 4.78 is 10.5. The fourth-order valence-corrected chi connectivity index (χ4v) is 4.63. The Balaban J connectivity index is 3.78. The summed E-state index contributed by atoms with van der Waals surface area (Å²) >= 11 is 0. The minimum atomic E-state index is -0.818. The number of hydrogen-bond donors (Lipinski definition) is 1. The quantitative estimate of drug-likeness (QED) is 0.0421. The molecule has 0 aliphatic carbocycles. The minimum absolute atomic E-state index is 0.116. The lowest BCUT2D eigenvalue weighted by molar-refractivity contribution is -0.161. The van der Waals surface area contributed by atoms with Crippen LogP contribution in [0.4, 0.5) is 0 Å². The highest BCUT2D eigenvalue weighted by molar-refractivity contribution is 5.70. The van der Waals surface area contributed by atoms with Crippen LogP contribution in [0.5, 0.6) is 0 Å². The molecule has 1 N–H and O–H groups in total. The standard InChI is InChI=1S/C45H70O5/c1-3-5-7-9-11-13-15-17-19-21-22-24-26-28-30-32-34-36-38-40-45(48)50-43(41-46)42-49-44(47)39-37-35-33-31-29-27-25-23-20-18-16-14-12-10-8-6-4-2/h6,8,11-14,17-20,22,24-25,27-28,30-31,33,43,46H,3-5,7,9-10,15-16,21,23,26,29,32,34-42H2,1-2H3/b8-6+,13-11+,14-12+,19-17+,20-18+,24-22+,27-25+,30-28+,33-31+/t43-/m0/s1. The van der Waals surface area contributed by atoms with E-state index in [9.17, 15) is 14.7 Å². The van der Waals surface area contributed by atoms with E-state index in [4.69, 9.17) is 9.47 Å². The third-order valence-corrected chi connectivity index (χ3v) is 7.55. The number of aliphatic hydroxyl groups excluding tert-OH is 1. The van der Waals surface area contributed by atoms with E-state index in [2.05, 4.69) is 123 Å². The molecule has 0 unspecified atom stereocenters. The van der Waals surface area contributed by atoms with E-state index in [1.807, 2.05) is 0 Å². The van der Waals surface area contributed by atoms with E-state index in [1.54, 1.807) is 0 Å². The number of allylic oxidation sites excluding steroid dienone is 18. The van der Waals surface area contributed by atoms with Gasteiger partial charge in [0.05, 0.1) is 6.61 Å². The van der Waals surface area contributed by atoms with Gasteiger partial charge in [0.2, 0.25) is 0 Å². The van der Waals surface area contributed by atoms with Gasteiger partial charge in [-0.25, -0.2) is 0 Å². The first-order valence-corrected chi connectivity index (χ1v) is 19.4. The molecule has 0 aliphatic heterocycles. The molecule has 0 radical (unpaired) electrons. The van der Waals surface area contributed by atoms with Gasteiger partial charge in [-0.05, 0) is 96.3 Å². The van der Waals surface area contributed by atoms with Gasteiger partial charge in [0.1, 0.15) is 6.61 Å². The molecular formula is C45H70O5. The van der Waals surface area contributed by atoms with Crippen molar-refractivity contribution >= 4 is 11.9 Å². The van der Waals surface area contributed by atoms with Gasteiger partial charge in [0.25, 0.3) is 0 Å². The summed E-state index contributed by atoms with van der Waals surface area (Å²) in [5.74, 6) is -0.708. The zero-order chi connectivity index (χ0) is 36.4. The molecule has 50 heavy (non-hydrogen) atoms. The molecule has 280 valence electrons. The number of carbonyl (C=O) groups excluding carboxylic acids is 2. The number of ether oxygens (including phenoxy) is 2. The van der Waals surface area contributed by atoms with E-state index in [0.29, 0.717) is 19.3 Å². The topological polar surface area (TPSA) is 72.8 Å². The maximum atomic E-state index is 12.2. The Bertz CT molecular complexity index is 1050. The van der Waals surface area contributed by atoms with Crippen molar-refractivity contribution in [2.45, 2.75) is 148 Å². The molecule has 0 spiro atoms. The molecule has 0 heterocycles. The molecule has 5 heteroatoms. The summed E-state index contributed by atoms with van der Waals surface area (Å²) in [6.07, 6.45) is 57.2. The molecule has 0 rings (SSSR count). The SMILES string of the molecule is CC/C=C/C/C=C/C/C=C/C/C=C/C/C=C/CCCC(=O)OC[C@H](CO)OC(=O)CCCCC/C=C/C/C=C/C/C=C/C/C=C/CCCCC. The summed E-state index contributed by atoms with van der Waals surface area (Å²) in [7, 11) is 0. The predicted molar refractivity (Wildman–Crippen MR) is 214 cm³/mol. The van der Waals surface area contributed by atoms with Crippen molar-refractivity contribution in [1.29, 1.82) is 0 Å². The van der Waals surface area contributed by atoms with Gasteiger partial charge in [0.15, 0.2) is 6.10 Å². The number of rotatable bonds is 33. The maximum Gasteiger partial charge on any atom is 0.306 e. The first-order valence-electron chi connectivity index (χ1n) is 19.4. The van der Waals surface area contributed by atoms with Crippen LogP contribution in [0.25, 0.3) is 0 Å². The van der Waals surface area contributed by atoms with Crippen molar-refractivity contribution < 1.29 is 24.2 Å². The predicted octanol–water partition coefficient (Wildman–Crippen LogP) is 12.3. The highest BCUT2D eigenvalue weighted by Gasteiger charge is 2.15. The smallest absolute Gasteiger partial charge is 0.306 e. The summed E-state index contributed by atoms with van der Waals surface area (Å²) in [5.41, 5.74) is 0. The Morgan fingerprint density at radius 1 is 0.480 bits per heavy atom. The van der Waals surface area contributed by atoms with Crippen LogP contribution in [0.15, 0.2) is 109 Å². The van der Waals surface area contributed by atoms with Crippen LogP contribution < -0.4 is 0 Å². The second-order valence-electron chi connectivity index (χ2n) is 12.3. The van der Waals surface area contributed by atoms with Crippen molar-refractivity contribution in [2.24, 2.45) is 0 Å². The van der Waals surface area contributed by atoms with Gasteiger partial charge in [0, 0.05) is 12.8 Å². The van der Waals surface area contributed by atoms with Gasteiger partial charge in [-0.3, -0.25) is 9.59 Å². The Morgan fingerprint density at radius 3 is 1.32 bits per heavy atom. The van der Waals surface area contributed by atoms with Crippen molar-refractivity contribution in [3.05, 3.63) is 109 Å². The van der Waals surface area contributed by atoms with Crippen LogP contribution in [0, 0.1) is 0 Å². The Kier molecular flexibility index (Phi) is 37.2. The Hall–Kier alpha value is -3.44. The molecule has 0 amide bonds. The lowest BCUT2D eigenvalue weighted by Gasteiger charge is -2.15. The van der Waals surface area contributed by atoms with E-state index in [0.717, 1.165) is 83.5 Å². The lowest BCUT2D eigenvalue weighted by atomic mass is 10.1. The summed E-state index contributed by atoms with van der Waals surface area (Å²) in [6.45, 7) is 3.89. The van der Waals surface area contributed by atoms with Gasteiger partial charge in [-0.1, -0.05) is 142 Å². The van der Waals surface area contributed by atoms with Crippen LogP contribution in [0.1, 0.15) is 142 Å². The summed E-state index contributed by atoms with van der Waals surface area (Å²) in [5, 5.41) is 9.54. The zero-order valence-corrected chi connectivity index (χ0v) is 31.6.